The number of fused-ring (bicyclic) bond motifs is 1. The lowest BCUT2D eigenvalue weighted by Crippen LogP contribution is -2.28. The lowest BCUT2D eigenvalue weighted by Gasteiger charge is -2.20. The summed E-state index contributed by atoms with van der Waals surface area (Å²) in [5.41, 5.74) is 1.44. The van der Waals surface area contributed by atoms with Crippen molar-refractivity contribution in [3.8, 4) is 0 Å². The molecule has 0 unspecified atom stereocenters. The van der Waals surface area contributed by atoms with Crippen LogP contribution in [0.4, 0.5) is 4.39 Å². The molecule has 1 aromatic carbocycles. The standard InChI is InChI=1S/C16H13ClFNO2/c17-11-5-4-10(13(18)8-11)9-19-14-2-1-3-15(20)12(14)6-7-16(19)21/h4-8H,1-3,9H2. The Balaban J connectivity index is 2.08. The minimum atomic E-state index is -0.450. The number of Topliss-reactive ketones (excluding diaryl/α,β-unsaturated/α-hetero) is 1. The van der Waals surface area contributed by atoms with E-state index in [0.29, 0.717) is 34.7 Å². The van der Waals surface area contributed by atoms with E-state index >= 15 is 0 Å². The second kappa shape index (κ2) is 5.45. The van der Waals surface area contributed by atoms with E-state index in [1.807, 2.05) is 0 Å². The van der Waals surface area contributed by atoms with Gasteiger partial charge in [-0.2, -0.15) is 0 Å². The Kier molecular flexibility index (Phi) is 3.64. The van der Waals surface area contributed by atoms with E-state index in [-0.39, 0.29) is 17.9 Å². The van der Waals surface area contributed by atoms with Crippen LogP contribution in [0.5, 0.6) is 0 Å². The van der Waals surface area contributed by atoms with Gasteiger partial charge in [0.05, 0.1) is 6.54 Å². The van der Waals surface area contributed by atoms with E-state index in [1.165, 1.54) is 16.7 Å². The van der Waals surface area contributed by atoms with Crippen LogP contribution in [-0.2, 0) is 13.0 Å². The van der Waals surface area contributed by atoms with Gasteiger partial charge in [-0.15, -0.1) is 0 Å². The number of pyridine rings is 1. The molecular weight excluding hydrogens is 293 g/mol. The van der Waals surface area contributed by atoms with E-state index in [9.17, 15) is 14.0 Å². The highest BCUT2D eigenvalue weighted by molar-refractivity contribution is 6.30. The number of nitrogens with zero attached hydrogens (tertiary/aromatic N) is 1. The summed E-state index contributed by atoms with van der Waals surface area (Å²) in [6.07, 6.45) is 1.88. The van der Waals surface area contributed by atoms with Crippen LogP contribution in [0.1, 0.15) is 34.5 Å². The normalized spacial score (nSPS) is 14.1. The molecule has 0 radical (unpaired) electrons. The van der Waals surface area contributed by atoms with Crippen molar-refractivity contribution in [2.75, 3.05) is 0 Å². The molecule has 0 saturated heterocycles. The molecule has 1 aliphatic carbocycles. The van der Waals surface area contributed by atoms with Gasteiger partial charge in [-0.1, -0.05) is 17.7 Å². The van der Waals surface area contributed by atoms with Crippen LogP contribution in [-0.4, -0.2) is 10.4 Å². The van der Waals surface area contributed by atoms with Crippen molar-refractivity contribution in [1.29, 1.82) is 0 Å². The number of carbonyl (C=O) groups excluding carboxylic acids is 1. The summed E-state index contributed by atoms with van der Waals surface area (Å²) in [6.45, 7) is 0.109. The molecule has 0 amide bonds. The van der Waals surface area contributed by atoms with E-state index in [4.69, 9.17) is 11.6 Å². The zero-order valence-electron chi connectivity index (χ0n) is 11.2. The second-order valence-electron chi connectivity index (χ2n) is 5.13. The number of benzene rings is 1. The number of rotatable bonds is 2. The Morgan fingerprint density at radius 1 is 1.14 bits per heavy atom. The van der Waals surface area contributed by atoms with Crippen LogP contribution in [0, 0.1) is 5.82 Å². The van der Waals surface area contributed by atoms with E-state index < -0.39 is 5.82 Å². The Labute approximate surface area is 126 Å². The highest BCUT2D eigenvalue weighted by Crippen LogP contribution is 2.21. The van der Waals surface area contributed by atoms with Gasteiger partial charge in [-0.25, -0.2) is 4.39 Å². The highest BCUT2D eigenvalue weighted by atomic mass is 35.5. The minimum absolute atomic E-state index is 0.0431. The number of hydrogen-bond acceptors (Lipinski definition) is 2. The quantitative estimate of drug-likeness (QED) is 0.854. The van der Waals surface area contributed by atoms with Crippen molar-refractivity contribution in [3.05, 3.63) is 68.3 Å². The molecule has 0 saturated carbocycles. The molecule has 0 bridgehead atoms. The third kappa shape index (κ3) is 2.63. The van der Waals surface area contributed by atoms with Gasteiger partial charge in [0.25, 0.3) is 5.56 Å². The molecule has 21 heavy (non-hydrogen) atoms. The fourth-order valence-electron chi connectivity index (χ4n) is 2.69. The third-order valence-corrected chi connectivity index (χ3v) is 3.99. The molecular formula is C16H13ClFNO2. The van der Waals surface area contributed by atoms with Crippen LogP contribution in [0.2, 0.25) is 5.02 Å². The molecule has 1 aliphatic rings. The maximum Gasteiger partial charge on any atom is 0.251 e. The molecule has 3 nitrogen and oxygen atoms in total. The Bertz CT molecular complexity index is 782. The van der Waals surface area contributed by atoms with Gasteiger partial charge in [0.15, 0.2) is 5.78 Å². The van der Waals surface area contributed by atoms with Crippen molar-refractivity contribution in [2.45, 2.75) is 25.8 Å². The molecule has 0 atom stereocenters. The Morgan fingerprint density at radius 3 is 2.71 bits per heavy atom. The smallest absolute Gasteiger partial charge is 0.251 e. The van der Waals surface area contributed by atoms with Gasteiger partial charge in [-0.05, 0) is 31.0 Å². The molecule has 108 valence electrons. The van der Waals surface area contributed by atoms with Crippen LogP contribution in [0.3, 0.4) is 0 Å². The van der Waals surface area contributed by atoms with E-state index in [2.05, 4.69) is 0 Å². The number of ketones is 1. The number of halogens is 2. The zero-order valence-corrected chi connectivity index (χ0v) is 12.0. The van der Waals surface area contributed by atoms with Crippen molar-refractivity contribution in [2.24, 2.45) is 0 Å². The van der Waals surface area contributed by atoms with Crippen molar-refractivity contribution in [3.63, 3.8) is 0 Å². The third-order valence-electron chi connectivity index (χ3n) is 3.76. The van der Waals surface area contributed by atoms with Gasteiger partial charge in [0, 0.05) is 34.3 Å². The lowest BCUT2D eigenvalue weighted by molar-refractivity contribution is 0.0970. The summed E-state index contributed by atoms with van der Waals surface area (Å²) >= 11 is 5.73. The predicted octanol–water partition coefficient (Wildman–Crippen LogP) is 3.21. The summed E-state index contributed by atoms with van der Waals surface area (Å²) in [5, 5.41) is 0.314. The molecule has 0 spiro atoms. The first-order valence-electron chi connectivity index (χ1n) is 6.76. The van der Waals surface area contributed by atoms with Crippen LogP contribution in [0.15, 0.2) is 35.1 Å². The summed E-state index contributed by atoms with van der Waals surface area (Å²) in [6, 6.07) is 7.33. The summed E-state index contributed by atoms with van der Waals surface area (Å²) < 4.78 is 15.4. The molecule has 5 heteroatoms. The zero-order chi connectivity index (χ0) is 15.0. The monoisotopic (exact) mass is 305 g/mol. The molecule has 1 aromatic heterocycles. The Hall–Kier alpha value is -1.94. The lowest BCUT2D eigenvalue weighted by atomic mass is 9.94. The fourth-order valence-corrected chi connectivity index (χ4v) is 2.85. The Morgan fingerprint density at radius 2 is 1.95 bits per heavy atom. The molecule has 0 fully saturated rings. The van der Waals surface area contributed by atoms with Gasteiger partial charge in [0.2, 0.25) is 0 Å². The molecule has 0 aliphatic heterocycles. The van der Waals surface area contributed by atoms with E-state index in [0.717, 1.165) is 6.42 Å². The fraction of sp³-hybridized carbons (Fsp3) is 0.250. The van der Waals surface area contributed by atoms with Gasteiger partial charge < -0.3 is 4.57 Å². The molecule has 2 aromatic rings. The first kappa shape index (κ1) is 14.0. The first-order valence-corrected chi connectivity index (χ1v) is 7.14. The van der Waals surface area contributed by atoms with Crippen molar-refractivity contribution in [1.82, 2.24) is 4.57 Å². The average molecular weight is 306 g/mol. The van der Waals surface area contributed by atoms with E-state index in [1.54, 1.807) is 18.2 Å². The van der Waals surface area contributed by atoms with Gasteiger partial charge >= 0.3 is 0 Å². The highest BCUT2D eigenvalue weighted by Gasteiger charge is 2.21. The summed E-state index contributed by atoms with van der Waals surface area (Å²) in [7, 11) is 0. The maximum atomic E-state index is 13.9. The van der Waals surface area contributed by atoms with Crippen molar-refractivity contribution < 1.29 is 9.18 Å². The van der Waals surface area contributed by atoms with Crippen molar-refractivity contribution >= 4 is 17.4 Å². The first-order chi connectivity index (χ1) is 10.1. The average Bonchev–Trinajstić information content (AvgIpc) is 2.44. The van der Waals surface area contributed by atoms with Crippen LogP contribution in [0.25, 0.3) is 0 Å². The maximum absolute atomic E-state index is 13.9. The molecule has 3 rings (SSSR count). The number of aromatic nitrogens is 1. The molecule has 1 heterocycles. The second-order valence-corrected chi connectivity index (χ2v) is 5.57. The molecule has 0 N–H and O–H groups in total. The predicted molar refractivity (Wildman–Crippen MR) is 78.5 cm³/mol. The minimum Gasteiger partial charge on any atom is -0.307 e. The van der Waals surface area contributed by atoms with Crippen LogP contribution < -0.4 is 5.56 Å². The number of carbonyl (C=O) groups is 1. The van der Waals surface area contributed by atoms with Crippen LogP contribution >= 0.6 is 11.6 Å². The topological polar surface area (TPSA) is 39.1 Å². The van der Waals surface area contributed by atoms with Gasteiger partial charge in [0.1, 0.15) is 5.82 Å². The SMILES string of the molecule is O=C1CCCc2c1ccc(=O)n2Cc1ccc(Cl)cc1F. The van der Waals surface area contributed by atoms with Gasteiger partial charge in [-0.3, -0.25) is 9.59 Å². The summed E-state index contributed by atoms with van der Waals surface area (Å²) in [5.74, 6) is -0.407. The number of hydrogen-bond donors (Lipinski definition) is 0. The summed E-state index contributed by atoms with van der Waals surface area (Å²) in [4.78, 5) is 24.0. The largest absolute Gasteiger partial charge is 0.307 e.